The van der Waals surface area contributed by atoms with Crippen LogP contribution in [0, 0.1) is 11.8 Å². The van der Waals surface area contributed by atoms with Crippen LogP contribution in [0.5, 0.6) is 0 Å². The third-order valence-corrected chi connectivity index (χ3v) is 5.07. The summed E-state index contributed by atoms with van der Waals surface area (Å²) in [5, 5.41) is 0. The van der Waals surface area contributed by atoms with Gasteiger partial charge in [-0.1, -0.05) is 31.5 Å². The van der Waals surface area contributed by atoms with Crippen molar-refractivity contribution in [3.8, 4) is 0 Å². The average Bonchev–Trinajstić information content (AvgIpc) is 2.92. The number of hydrogen-bond donors (Lipinski definition) is 1. The lowest BCUT2D eigenvalue weighted by Gasteiger charge is -2.29. The van der Waals surface area contributed by atoms with Gasteiger partial charge in [0.05, 0.1) is 0 Å². The molecule has 3 unspecified atom stereocenters. The summed E-state index contributed by atoms with van der Waals surface area (Å²) in [7, 11) is 0. The molecule has 108 valence electrons. The van der Waals surface area contributed by atoms with Crippen molar-refractivity contribution in [3.05, 3.63) is 35.4 Å². The third kappa shape index (κ3) is 2.35. The summed E-state index contributed by atoms with van der Waals surface area (Å²) in [6.45, 7) is 3.85. The van der Waals surface area contributed by atoms with E-state index in [1.807, 2.05) is 23.1 Å². The molecule has 3 heteroatoms. The summed E-state index contributed by atoms with van der Waals surface area (Å²) in [6, 6.07) is 8.27. The van der Waals surface area contributed by atoms with Gasteiger partial charge in [-0.25, -0.2) is 0 Å². The van der Waals surface area contributed by atoms with Crippen molar-refractivity contribution >= 4 is 5.91 Å². The van der Waals surface area contributed by atoms with Crippen molar-refractivity contribution in [1.29, 1.82) is 0 Å². The monoisotopic (exact) mass is 272 g/mol. The Balaban J connectivity index is 1.78. The molecule has 1 aromatic rings. The zero-order chi connectivity index (χ0) is 14.1. The Kier molecular flexibility index (Phi) is 3.79. The molecule has 3 atom stereocenters. The molecule has 3 nitrogen and oxygen atoms in total. The average molecular weight is 272 g/mol. The van der Waals surface area contributed by atoms with E-state index in [0.29, 0.717) is 11.8 Å². The van der Waals surface area contributed by atoms with Crippen LogP contribution in [0.2, 0.25) is 0 Å². The number of fused-ring (bicyclic) bond motifs is 1. The third-order valence-electron chi connectivity index (χ3n) is 5.07. The predicted octanol–water partition coefficient (Wildman–Crippen LogP) is 2.45. The molecule has 1 amide bonds. The molecule has 0 radical (unpaired) electrons. The lowest BCUT2D eigenvalue weighted by Crippen LogP contribution is -2.38. The van der Waals surface area contributed by atoms with E-state index in [1.165, 1.54) is 12.8 Å². The molecule has 2 aliphatic rings. The number of likely N-dealkylation sites (tertiary alicyclic amines) is 1. The summed E-state index contributed by atoms with van der Waals surface area (Å²) in [4.78, 5) is 14.8. The van der Waals surface area contributed by atoms with Crippen molar-refractivity contribution in [3.63, 3.8) is 0 Å². The largest absolute Gasteiger partial charge is 0.338 e. The number of aryl methyl sites for hydroxylation is 1. The predicted molar refractivity (Wildman–Crippen MR) is 80.5 cm³/mol. The number of carbonyl (C=O) groups is 1. The molecule has 3 rings (SSSR count). The Morgan fingerprint density at radius 1 is 1.30 bits per heavy atom. The topological polar surface area (TPSA) is 46.3 Å². The highest BCUT2D eigenvalue weighted by Crippen LogP contribution is 2.36. The molecule has 1 heterocycles. The molecule has 1 aromatic carbocycles. The minimum absolute atomic E-state index is 0.198. The van der Waals surface area contributed by atoms with Crippen LogP contribution in [-0.4, -0.2) is 29.9 Å². The van der Waals surface area contributed by atoms with Gasteiger partial charge in [-0.05, 0) is 42.7 Å². The second-order valence-corrected chi connectivity index (χ2v) is 6.24. The minimum Gasteiger partial charge on any atom is -0.338 e. The maximum atomic E-state index is 12.8. The fraction of sp³-hybridized carbons (Fsp3) is 0.588. The summed E-state index contributed by atoms with van der Waals surface area (Å²) in [6.07, 6.45) is 4.48. The highest BCUT2D eigenvalue weighted by Gasteiger charge is 2.40. The van der Waals surface area contributed by atoms with Crippen LogP contribution in [0.4, 0.5) is 0 Å². The van der Waals surface area contributed by atoms with Gasteiger partial charge in [0.2, 0.25) is 0 Å². The molecule has 1 aliphatic heterocycles. The second kappa shape index (κ2) is 5.57. The molecule has 2 N–H and O–H groups in total. The molecule has 1 saturated carbocycles. The van der Waals surface area contributed by atoms with Gasteiger partial charge in [0, 0.05) is 24.7 Å². The van der Waals surface area contributed by atoms with Gasteiger partial charge in [-0.3, -0.25) is 4.79 Å². The molecule has 1 aliphatic carbocycles. The van der Waals surface area contributed by atoms with E-state index in [2.05, 4.69) is 13.0 Å². The van der Waals surface area contributed by atoms with Gasteiger partial charge in [-0.15, -0.1) is 0 Å². The van der Waals surface area contributed by atoms with Crippen LogP contribution in [0.15, 0.2) is 24.3 Å². The Hall–Kier alpha value is -1.35. The normalized spacial score (nSPS) is 29.3. The smallest absolute Gasteiger partial charge is 0.254 e. The van der Waals surface area contributed by atoms with Crippen molar-refractivity contribution in [2.24, 2.45) is 17.6 Å². The van der Waals surface area contributed by atoms with E-state index in [1.54, 1.807) is 0 Å². The van der Waals surface area contributed by atoms with E-state index in [0.717, 1.165) is 37.1 Å². The number of benzene rings is 1. The first-order chi connectivity index (χ1) is 9.70. The highest BCUT2D eigenvalue weighted by atomic mass is 16.2. The molecular weight excluding hydrogens is 248 g/mol. The number of rotatable bonds is 2. The zero-order valence-corrected chi connectivity index (χ0v) is 12.2. The number of amides is 1. The quantitative estimate of drug-likeness (QED) is 0.899. The molecule has 2 fully saturated rings. The van der Waals surface area contributed by atoms with Gasteiger partial charge in [0.15, 0.2) is 0 Å². The molecule has 20 heavy (non-hydrogen) atoms. The van der Waals surface area contributed by atoms with Gasteiger partial charge < -0.3 is 10.6 Å². The standard InChI is InChI=1S/C17H24N2O/c1-2-12-6-3-4-8-14(12)17(20)19-10-13-7-5-9-16(18)15(13)11-19/h3-4,6,8,13,15-16H,2,5,7,9-11,18H2,1H3. The van der Waals surface area contributed by atoms with E-state index >= 15 is 0 Å². The number of hydrogen-bond acceptors (Lipinski definition) is 2. The maximum Gasteiger partial charge on any atom is 0.254 e. The van der Waals surface area contributed by atoms with Crippen LogP contribution in [0.25, 0.3) is 0 Å². The Morgan fingerprint density at radius 3 is 2.85 bits per heavy atom. The van der Waals surface area contributed by atoms with E-state index in [9.17, 15) is 4.79 Å². The van der Waals surface area contributed by atoms with Gasteiger partial charge in [-0.2, -0.15) is 0 Å². The Labute approximate surface area is 121 Å². The van der Waals surface area contributed by atoms with Crippen molar-refractivity contribution in [2.75, 3.05) is 13.1 Å². The molecule has 0 bridgehead atoms. The Morgan fingerprint density at radius 2 is 2.10 bits per heavy atom. The fourth-order valence-electron chi connectivity index (χ4n) is 3.89. The summed E-state index contributed by atoms with van der Waals surface area (Å²) in [5.41, 5.74) is 8.27. The lowest BCUT2D eigenvalue weighted by molar-refractivity contribution is 0.0782. The van der Waals surface area contributed by atoms with Crippen molar-refractivity contribution in [1.82, 2.24) is 4.90 Å². The number of nitrogens with two attached hydrogens (primary N) is 1. The lowest BCUT2D eigenvalue weighted by atomic mass is 9.78. The highest BCUT2D eigenvalue weighted by molar-refractivity contribution is 5.95. The minimum atomic E-state index is 0.198. The SMILES string of the molecule is CCc1ccccc1C(=O)N1CC2CCCC(N)C2C1. The van der Waals surface area contributed by atoms with Crippen molar-refractivity contribution < 1.29 is 4.79 Å². The molecule has 0 aromatic heterocycles. The number of carbonyl (C=O) groups excluding carboxylic acids is 1. The number of nitrogens with zero attached hydrogens (tertiary/aromatic N) is 1. The van der Waals surface area contributed by atoms with Crippen LogP contribution in [-0.2, 0) is 6.42 Å². The van der Waals surface area contributed by atoms with Crippen LogP contribution >= 0.6 is 0 Å². The summed E-state index contributed by atoms with van der Waals surface area (Å²) in [5.74, 6) is 1.34. The van der Waals surface area contributed by atoms with Crippen molar-refractivity contribution in [2.45, 2.75) is 38.6 Å². The fourth-order valence-corrected chi connectivity index (χ4v) is 3.89. The van der Waals surface area contributed by atoms with Crippen LogP contribution in [0.1, 0.15) is 42.1 Å². The van der Waals surface area contributed by atoms with E-state index in [-0.39, 0.29) is 11.9 Å². The first-order valence-corrected chi connectivity index (χ1v) is 7.83. The van der Waals surface area contributed by atoms with Crippen LogP contribution < -0.4 is 5.73 Å². The van der Waals surface area contributed by atoms with Crippen LogP contribution in [0.3, 0.4) is 0 Å². The zero-order valence-electron chi connectivity index (χ0n) is 12.2. The Bertz CT molecular complexity index is 500. The van der Waals surface area contributed by atoms with Gasteiger partial charge in [0.25, 0.3) is 5.91 Å². The first-order valence-electron chi connectivity index (χ1n) is 7.83. The first kappa shape index (κ1) is 13.6. The molecule has 1 saturated heterocycles. The molecular formula is C17H24N2O. The summed E-state index contributed by atoms with van der Waals surface area (Å²) < 4.78 is 0. The van der Waals surface area contributed by atoms with E-state index in [4.69, 9.17) is 5.73 Å². The van der Waals surface area contributed by atoms with E-state index < -0.39 is 0 Å². The summed E-state index contributed by atoms with van der Waals surface area (Å²) >= 11 is 0. The second-order valence-electron chi connectivity index (χ2n) is 6.24. The maximum absolute atomic E-state index is 12.8. The van der Waals surface area contributed by atoms with Gasteiger partial charge in [0.1, 0.15) is 0 Å². The van der Waals surface area contributed by atoms with Gasteiger partial charge >= 0.3 is 0 Å². The molecule has 0 spiro atoms.